The lowest BCUT2D eigenvalue weighted by atomic mass is 10.2. The summed E-state index contributed by atoms with van der Waals surface area (Å²) in [6.07, 6.45) is 2.46. The van der Waals surface area contributed by atoms with Gasteiger partial charge in [-0.25, -0.2) is 4.79 Å². The van der Waals surface area contributed by atoms with E-state index in [-0.39, 0.29) is 6.10 Å². The number of hydrogen-bond acceptors (Lipinski definition) is 2. The molecule has 2 nitrogen and oxygen atoms in total. The van der Waals surface area contributed by atoms with Gasteiger partial charge in [-0.2, -0.15) is 0 Å². The summed E-state index contributed by atoms with van der Waals surface area (Å²) in [4.78, 5) is 10.8. The fourth-order valence-corrected chi connectivity index (χ4v) is 2.70. The average molecular weight is 276 g/mol. The van der Waals surface area contributed by atoms with E-state index in [0.717, 1.165) is 12.5 Å². The molecule has 0 aliphatic carbocycles. The summed E-state index contributed by atoms with van der Waals surface area (Å²) in [6.45, 7) is 5.11. The van der Waals surface area contributed by atoms with Crippen molar-refractivity contribution in [3.05, 3.63) is 12.7 Å². The highest BCUT2D eigenvalue weighted by molar-refractivity contribution is 7.64. The number of halogens is 3. The molecule has 1 unspecified atom stereocenters. The van der Waals surface area contributed by atoms with E-state index in [1.54, 1.807) is 6.92 Å². The summed E-state index contributed by atoms with van der Waals surface area (Å²) in [5.74, 6) is -0.413. The molecule has 6 heteroatoms. The van der Waals surface area contributed by atoms with Crippen molar-refractivity contribution in [1.29, 1.82) is 0 Å². The molecule has 0 aromatic carbocycles. The number of esters is 1. The van der Waals surface area contributed by atoms with Crippen LogP contribution in [-0.2, 0) is 9.53 Å². The minimum absolute atomic E-state index is 0.151. The Bertz CT molecular complexity index is 203. The quantitative estimate of drug-likeness (QED) is 0.321. The summed E-state index contributed by atoms with van der Waals surface area (Å²) in [5, 5.41) is 0. The van der Waals surface area contributed by atoms with Gasteiger partial charge in [0.05, 0.1) is 6.10 Å². The highest BCUT2D eigenvalue weighted by Crippen LogP contribution is 2.27. The Morgan fingerprint density at radius 2 is 2.14 bits per heavy atom. The lowest BCUT2D eigenvalue weighted by Gasteiger charge is -2.12. The van der Waals surface area contributed by atoms with Gasteiger partial charge in [0.1, 0.15) is 0 Å². The molecule has 0 heterocycles. The zero-order chi connectivity index (χ0) is 11.2. The summed E-state index contributed by atoms with van der Waals surface area (Å²) in [7, 11) is 0. The van der Waals surface area contributed by atoms with Crippen LogP contribution in [0.4, 0.5) is 0 Å². The van der Waals surface area contributed by atoms with Gasteiger partial charge in [-0.3, -0.25) is 0 Å². The molecule has 0 bridgehead atoms. The van der Waals surface area contributed by atoms with Gasteiger partial charge in [0.25, 0.3) is 0 Å². The smallest absolute Gasteiger partial charge is 0.341 e. The Kier molecular flexibility index (Phi) is 6.86. The largest absolute Gasteiger partial charge is 0.460 e. The SMILES string of the molecule is C=CC(=O)OC(C)CCC[Si](Cl)(Cl)Cl. The molecule has 0 aromatic heterocycles. The van der Waals surface area contributed by atoms with E-state index in [1.165, 1.54) is 0 Å². The Hall–Kier alpha value is 0.297. The van der Waals surface area contributed by atoms with Crippen LogP contribution in [0.25, 0.3) is 0 Å². The van der Waals surface area contributed by atoms with Crippen LogP contribution in [0, 0.1) is 0 Å². The fraction of sp³-hybridized carbons (Fsp3) is 0.625. The van der Waals surface area contributed by atoms with Crippen LogP contribution >= 0.6 is 33.2 Å². The zero-order valence-electron chi connectivity index (χ0n) is 7.93. The normalized spacial score (nSPS) is 13.4. The van der Waals surface area contributed by atoms with Gasteiger partial charge in [0.2, 0.25) is 0 Å². The summed E-state index contributed by atoms with van der Waals surface area (Å²) in [5.41, 5.74) is 0. The second-order valence-corrected chi connectivity index (χ2v) is 12.2. The third kappa shape index (κ3) is 8.88. The first-order chi connectivity index (χ1) is 6.35. The Morgan fingerprint density at radius 3 is 2.57 bits per heavy atom. The monoisotopic (exact) mass is 274 g/mol. The van der Waals surface area contributed by atoms with E-state index in [2.05, 4.69) is 6.58 Å². The predicted molar refractivity (Wildman–Crippen MR) is 63.1 cm³/mol. The minimum atomic E-state index is -2.52. The third-order valence-electron chi connectivity index (χ3n) is 1.55. The molecular weight excluding hydrogens is 263 g/mol. The Labute approximate surface area is 99.3 Å². The summed E-state index contributed by atoms with van der Waals surface area (Å²) >= 11 is 17.1. The number of hydrogen-bond donors (Lipinski definition) is 0. The Balaban J connectivity index is 3.59. The van der Waals surface area contributed by atoms with Crippen LogP contribution in [0.1, 0.15) is 19.8 Å². The molecule has 0 amide bonds. The molecular formula is C8H13Cl3O2Si. The van der Waals surface area contributed by atoms with Gasteiger partial charge < -0.3 is 4.74 Å². The van der Waals surface area contributed by atoms with Crippen molar-refractivity contribution in [2.75, 3.05) is 0 Å². The second kappa shape index (κ2) is 6.72. The van der Waals surface area contributed by atoms with Crippen LogP contribution in [-0.4, -0.2) is 18.1 Å². The number of carbonyl (C=O) groups excluding carboxylic acids is 1. The van der Waals surface area contributed by atoms with Crippen molar-refractivity contribution in [2.45, 2.75) is 31.9 Å². The first-order valence-corrected chi connectivity index (χ1v) is 9.49. The van der Waals surface area contributed by atoms with E-state index in [4.69, 9.17) is 38.0 Å². The molecule has 1 atom stereocenters. The molecule has 0 saturated heterocycles. The Morgan fingerprint density at radius 1 is 1.57 bits per heavy atom. The van der Waals surface area contributed by atoms with Crippen LogP contribution in [0.15, 0.2) is 12.7 Å². The second-order valence-electron chi connectivity index (χ2n) is 2.96. The lowest BCUT2D eigenvalue weighted by molar-refractivity contribution is -0.142. The highest BCUT2D eigenvalue weighted by atomic mass is 35.8. The fourth-order valence-electron chi connectivity index (χ4n) is 0.895. The number of ether oxygens (including phenoxy) is 1. The van der Waals surface area contributed by atoms with E-state index in [0.29, 0.717) is 12.5 Å². The minimum Gasteiger partial charge on any atom is -0.460 e. The van der Waals surface area contributed by atoms with Gasteiger partial charge >= 0.3 is 12.0 Å². The van der Waals surface area contributed by atoms with Gasteiger partial charge in [-0.15, -0.1) is 33.2 Å². The third-order valence-corrected chi connectivity index (χ3v) is 4.18. The van der Waals surface area contributed by atoms with Gasteiger partial charge in [-0.05, 0) is 25.8 Å². The molecule has 0 aliphatic heterocycles. The van der Waals surface area contributed by atoms with Crippen molar-refractivity contribution >= 4 is 45.2 Å². The summed E-state index contributed by atoms with van der Waals surface area (Å²) < 4.78 is 4.94. The maximum absolute atomic E-state index is 10.8. The lowest BCUT2D eigenvalue weighted by Crippen LogP contribution is -2.15. The van der Waals surface area contributed by atoms with Crippen LogP contribution in [0.3, 0.4) is 0 Å². The van der Waals surface area contributed by atoms with Gasteiger partial charge in [0.15, 0.2) is 0 Å². The topological polar surface area (TPSA) is 26.3 Å². The molecule has 0 spiro atoms. The highest BCUT2D eigenvalue weighted by Gasteiger charge is 2.24. The standard InChI is InChI=1S/C8H13Cl3O2Si/c1-3-8(12)13-7(2)5-4-6-14(9,10)11/h3,7H,1,4-6H2,2H3. The van der Waals surface area contributed by atoms with Crippen molar-refractivity contribution in [2.24, 2.45) is 0 Å². The predicted octanol–water partition coefficient (Wildman–Crippen LogP) is 3.54. The van der Waals surface area contributed by atoms with Crippen LogP contribution in [0.2, 0.25) is 6.04 Å². The molecule has 0 fully saturated rings. The van der Waals surface area contributed by atoms with E-state index in [9.17, 15) is 4.79 Å². The molecule has 0 aliphatic rings. The maximum Gasteiger partial charge on any atom is 0.341 e. The average Bonchev–Trinajstić information content (AvgIpc) is 2.01. The summed E-state index contributed by atoms with van der Waals surface area (Å²) in [6, 6.07) is -1.93. The van der Waals surface area contributed by atoms with E-state index >= 15 is 0 Å². The van der Waals surface area contributed by atoms with E-state index in [1.807, 2.05) is 0 Å². The van der Waals surface area contributed by atoms with Crippen LogP contribution < -0.4 is 0 Å². The number of carbonyl (C=O) groups is 1. The molecule has 0 aromatic rings. The molecule has 82 valence electrons. The molecule has 0 radical (unpaired) electrons. The molecule has 14 heavy (non-hydrogen) atoms. The first-order valence-electron chi connectivity index (χ1n) is 4.25. The molecule has 0 rings (SSSR count). The first kappa shape index (κ1) is 14.3. The van der Waals surface area contributed by atoms with Gasteiger partial charge in [0, 0.05) is 6.08 Å². The number of rotatable bonds is 6. The van der Waals surface area contributed by atoms with Crippen LogP contribution in [0.5, 0.6) is 0 Å². The van der Waals surface area contributed by atoms with Crippen molar-refractivity contribution in [3.63, 3.8) is 0 Å². The maximum atomic E-state index is 10.8. The van der Waals surface area contributed by atoms with Crippen molar-refractivity contribution < 1.29 is 9.53 Å². The molecule has 0 saturated carbocycles. The molecule has 0 N–H and O–H groups in total. The van der Waals surface area contributed by atoms with Crippen molar-refractivity contribution in [1.82, 2.24) is 0 Å². The van der Waals surface area contributed by atoms with Gasteiger partial charge in [-0.1, -0.05) is 6.58 Å². The van der Waals surface area contributed by atoms with E-state index < -0.39 is 12.0 Å². The van der Waals surface area contributed by atoms with Crippen molar-refractivity contribution in [3.8, 4) is 0 Å². The zero-order valence-corrected chi connectivity index (χ0v) is 11.2.